The van der Waals surface area contributed by atoms with E-state index in [-0.39, 0.29) is 5.75 Å². The summed E-state index contributed by atoms with van der Waals surface area (Å²) < 4.78 is 45.2. The smallest absolute Gasteiger partial charge is 0.443 e. The van der Waals surface area contributed by atoms with Gasteiger partial charge in [-0.25, -0.2) is 4.98 Å². The van der Waals surface area contributed by atoms with Crippen LogP contribution in [0.25, 0.3) is 11.3 Å². The summed E-state index contributed by atoms with van der Waals surface area (Å²) in [6.45, 7) is 0. The minimum atomic E-state index is -4.70. The first-order valence-corrected chi connectivity index (χ1v) is 5.19. The zero-order valence-electron chi connectivity index (χ0n) is 8.16. The molecule has 2 rings (SSSR count). The van der Waals surface area contributed by atoms with E-state index in [1.54, 1.807) is 0 Å². The molecule has 0 fully saturated rings. The second-order valence-electron chi connectivity index (χ2n) is 3.06. The van der Waals surface area contributed by atoms with Crippen molar-refractivity contribution < 1.29 is 22.3 Å². The minimum absolute atomic E-state index is 0.298. The van der Waals surface area contributed by atoms with Crippen molar-refractivity contribution in [2.24, 2.45) is 0 Å². The predicted molar refractivity (Wildman–Crippen MR) is 56.3 cm³/mol. The van der Waals surface area contributed by atoms with E-state index in [1.807, 2.05) is 0 Å². The number of ether oxygens (including phenoxy) is 1. The third kappa shape index (κ3) is 3.00. The van der Waals surface area contributed by atoms with Gasteiger partial charge in [-0.2, -0.15) is 0 Å². The second-order valence-corrected chi connectivity index (χ2v) is 3.91. The van der Waals surface area contributed by atoms with E-state index in [2.05, 4.69) is 25.7 Å². The molecule has 0 atom stereocenters. The van der Waals surface area contributed by atoms with Crippen LogP contribution in [-0.2, 0) is 0 Å². The molecule has 0 radical (unpaired) electrons. The molecule has 0 unspecified atom stereocenters. The van der Waals surface area contributed by atoms with Crippen molar-refractivity contribution in [1.29, 1.82) is 0 Å². The van der Waals surface area contributed by atoms with Gasteiger partial charge in [-0.05, 0) is 34.1 Å². The zero-order chi connectivity index (χ0) is 12.5. The number of rotatable bonds is 2. The van der Waals surface area contributed by atoms with Gasteiger partial charge in [0.2, 0.25) is 0 Å². The van der Waals surface area contributed by atoms with Gasteiger partial charge >= 0.3 is 6.36 Å². The molecule has 3 nitrogen and oxygen atoms in total. The fourth-order valence-corrected chi connectivity index (χ4v) is 1.79. The van der Waals surface area contributed by atoms with Crippen LogP contribution in [0.2, 0.25) is 0 Å². The third-order valence-electron chi connectivity index (χ3n) is 1.87. The summed E-state index contributed by atoms with van der Waals surface area (Å²) in [4.78, 5) is 3.72. The van der Waals surface area contributed by atoms with Crippen molar-refractivity contribution in [3.05, 3.63) is 35.3 Å². The number of benzene rings is 1. The zero-order valence-corrected chi connectivity index (χ0v) is 9.75. The highest BCUT2D eigenvalue weighted by Gasteiger charge is 2.31. The van der Waals surface area contributed by atoms with Crippen LogP contribution in [0.5, 0.6) is 5.75 Å². The predicted octanol–water partition coefficient (Wildman–Crippen LogP) is 4.00. The number of hydrogen-bond acceptors (Lipinski definition) is 3. The Hall–Kier alpha value is -1.50. The van der Waals surface area contributed by atoms with E-state index in [0.717, 1.165) is 0 Å². The molecule has 1 heterocycles. The fraction of sp³-hybridized carbons (Fsp3) is 0.100. The van der Waals surface area contributed by atoms with Crippen molar-refractivity contribution >= 4 is 15.9 Å². The van der Waals surface area contributed by atoms with E-state index in [9.17, 15) is 13.2 Å². The number of halogens is 4. The SMILES string of the molecule is FC(F)(F)Oc1ccc(-c2cnco2)c(Br)c1. The Labute approximate surface area is 102 Å². The molecule has 0 aliphatic carbocycles. The van der Waals surface area contributed by atoms with Gasteiger partial charge < -0.3 is 9.15 Å². The van der Waals surface area contributed by atoms with Crippen molar-refractivity contribution in [1.82, 2.24) is 4.98 Å². The molecule has 0 aliphatic heterocycles. The summed E-state index contributed by atoms with van der Waals surface area (Å²) in [5.74, 6) is 0.156. The number of alkyl halides is 3. The Morgan fingerprint density at radius 2 is 2.06 bits per heavy atom. The fourth-order valence-electron chi connectivity index (χ4n) is 1.24. The molecule has 0 N–H and O–H groups in total. The van der Waals surface area contributed by atoms with Gasteiger partial charge in [0.05, 0.1) is 6.20 Å². The van der Waals surface area contributed by atoms with Gasteiger partial charge in [-0.15, -0.1) is 13.2 Å². The quantitative estimate of drug-likeness (QED) is 0.841. The first-order valence-electron chi connectivity index (χ1n) is 4.40. The molecule has 1 aromatic heterocycles. The molecule has 0 bridgehead atoms. The maximum atomic E-state index is 12.0. The number of nitrogens with zero attached hydrogens (tertiary/aromatic N) is 1. The van der Waals surface area contributed by atoms with Crippen molar-refractivity contribution in [3.8, 4) is 17.1 Å². The molecular formula is C10H5BrF3NO2. The van der Waals surface area contributed by atoms with E-state index in [1.165, 1.54) is 30.8 Å². The van der Waals surface area contributed by atoms with Crippen LogP contribution in [-0.4, -0.2) is 11.3 Å². The van der Waals surface area contributed by atoms with Crippen LogP contribution >= 0.6 is 15.9 Å². The molecule has 0 aliphatic rings. The van der Waals surface area contributed by atoms with Gasteiger partial charge in [-0.3, -0.25) is 0 Å². The van der Waals surface area contributed by atoms with Gasteiger partial charge in [0, 0.05) is 10.0 Å². The van der Waals surface area contributed by atoms with Crippen LogP contribution in [0, 0.1) is 0 Å². The van der Waals surface area contributed by atoms with Gasteiger partial charge in [0.25, 0.3) is 0 Å². The summed E-state index contributed by atoms with van der Waals surface area (Å²) >= 11 is 3.14. The third-order valence-corrected chi connectivity index (χ3v) is 2.53. The largest absolute Gasteiger partial charge is 0.573 e. The van der Waals surface area contributed by atoms with E-state index < -0.39 is 6.36 Å². The monoisotopic (exact) mass is 307 g/mol. The molecule has 7 heteroatoms. The maximum absolute atomic E-state index is 12.0. The minimum Gasteiger partial charge on any atom is -0.443 e. The standard InChI is InChI=1S/C10H5BrF3NO2/c11-8-3-6(17-10(12,13)14)1-2-7(8)9-4-15-5-16-9/h1-5H. The van der Waals surface area contributed by atoms with Gasteiger partial charge in [0.15, 0.2) is 12.2 Å². The van der Waals surface area contributed by atoms with Gasteiger partial charge in [0.1, 0.15) is 5.75 Å². The lowest BCUT2D eigenvalue weighted by Gasteiger charge is -2.09. The lowest BCUT2D eigenvalue weighted by molar-refractivity contribution is -0.274. The number of hydrogen-bond donors (Lipinski definition) is 0. The van der Waals surface area contributed by atoms with Crippen LogP contribution in [0.1, 0.15) is 0 Å². The molecule has 0 amide bonds. The Kier molecular flexibility index (Phi) is 3.10. The average molecular weight is 308 g/mol. The summed E-state index contributed by atoms with van der Waals surface area (Å²) in [7, 11) is 0. The molecule has 1 aromatic carbocycles. The highest BCUT2D eigenvalue weighted by Crippen LogP contribution is 2.33. The van der Waals surface area contributed by atoms with E-state index >= 15 is 0 Å². The summed E-state index contributed by atoms with van der Waals surface area (Å²) in [5, 5.41) is 0. The van der Waals surface area contributed by atoms with Crippen LogP contribution in [0.15, 0.2) is 39.7 Å². The van der Waals surface area contributed by atoms with E-state index in [4.69, 9.17) is 4.42 Å². The highest BCUT2D eigenvalue weighted by atomic mass is 79.9. The number of aromatic nitrogens is 1. The van der Waals surface area contributed by atoms with E-state index in [0.29, 0.717) is 15.8 Å². The van der Waals surface area contributed by atoms with Crippen molar-refractivity contribution in [2.45, 2.75) is 6.36 Å². The molecule has 17 heavy (non-hydrogen) atoms. The summed E-state index contributed by atoms with van der Waals surface area (Å²) in [6, 6.07) is 3.87. The molecule has 2 aromatic rings. The Morgan fingerprint density at radius 1 is 1.29 bits per heavy atom. The normalized spacial score (nSPS) is 11.5. The topological polar surface area (TPSA) is 35.3 Å². The molecule has 0 spiro atoms. The van der Waals surface area contributed by atoms with Crippen molar-refractivity contribution in [2.75, 3.05) is 0 Å². The molecule has 0 saturated carbocycles. The first-order chi connectivity index (χ1) is 7.96. The van der Waals surface area contributed by atoms with Crippen molar-refractivity contribution in [3.63, 3.8) is 0 Å². The molecule has 0 saturated heterocycles. The first kappa shape index (κ1) is 12.0. The second kappa shape index (κ2) is 4.40. The van der Waals surface area contributed by atoms with Crippen LogP contribution in [0.3, 0.4) is 0 Å². The molecular weight excluding hydrogens is 303 g/mol. The number of oxazole rings is 1. The lowest BCUT2D eigenvalue weighted by atomic mass is 10.2. The lowest BCUT2D eigenvalue weighted by Crippen LogP contribution is -2.17. The highest BCUT2D eigenvalue weighted by molar-refractivity contribution is 9.10. The summed E-state index contributed by atoms with van der Waals surface area (Å²) in [6.07, 6.45) is -2.00. The van der Waals surface area contributed by atoms with Crippen LogP contribution < -0.4 is 4.74 Å². The Balaban J connectivity index is 2.30. The van der Waals surface area contributed by atoms with Gasteiger partial charge in [-0.1, -0.05) is 0 Å². The Bertz CT molecular complexity index is 511. The summed E-state index contributed by atoms with van der Waals surface area (Å²) in [5.41, 5.74) is 0.594. The Morgan fingerprint density at radius 3 is 2.59 bits per heavy atom. The average Bonchev–Trinajstić information content (AvgIpc) is 2.68. The maximum Gasteiger partial charge on any atom is 0.573 e. The molecule has 90 valence electrons. The van der Waals surface area contributed by atoms with Crippen LogP contribution in [0.4, 0.5) is 13.2 Å².